The van der Waals surface area contributed by atoms with Crippen LogP contribution in [0.5, 0.6) is 0 Å². The van der Waals surface area contributed by atoms with Gasteiger partial charge in [-0.05, 0) is 24.7 Å². The minimum Gasteiger partial charge on any atom is -0.379 e. The quantitative estimate of drug-likeness (QED) is 0.821. The van der Waals surface area contributed by atoms with Crippen molar-refractivity contribution in [2.45, 2.75) is 25.8 Å². The molecule has 1 saturated carbocycles. The van der Waals surface area contributed by atoms with Crippen molar-refractivity contribution >= 4 is 30.7 Å². The zero-order chi connectivity index (χ0) is 14.1. The van der Waals surface area contributed by atoms with Crippen molar-refractivity contribution in [1.29, 1.82) is 0 Å². The fraction of sp³-hybridized carbons (Fsp3) is 0.933. The molecule has 3 rings (SSSR count). The zero-order valence-corrected chi connectivity index (χ0v) is 14.9. The first-order chi connectivity index (χ1) is 9.65. The van der Waals surface area contributed by atoms with Crippen LogP contribution in [0.2, 0.25) is 0 Å². The zero-order valence-electron chi connectivity index (χ0n) is 13.3. The minimum absolute atomic E-state index is 0. The molecule has 3 aliphatic rings. The van der Waals surface area contributed by atoms with Gasteiger partial charge in [-0.3, -0.25) is 9.69 Å². The van der Waals surface area contributed by atoms with Crippen LogP contribution >= 0.6 is 24.8 Å². The summed E-state index contributed by atoms with van der Waals surface area (Å²) in [4.78, 5) is 17.0. The minimum atomic E-state index is 0. The van der Waals surface area contributed by atoms with E-state index in [1.807, 2.05) is 0 Å². The molecule has 2 aliphatic heterocycles. The Labute approximate surface area is 145 Å². The Morgan fingerprint density at radius 2 is 1.73 bits per heavy atom. The van der Waals surface area contributed by atoms with Crippen molar-refractivity contribution < 1.29 is 9.53 Å². The van der Waals surface area contributed by atoms with E-state index < -0.39 is 0 Å². The number of nitrogens with zero attached hydrogens (tertiary/aromatic N) is 2. The van der Waals surface area contributed by atoms with Crippen molar-refractivity contribution in [2.24, 2.45) is 23.5 Å². The molecule has 7 heteroatoms. The molecule has 22 heavy (non-hydrogen) atoms. The number of morpholine rings is 1. The third-order valence-corrected chi connectivity index (χ3v) is 5.28. The monoisotopic (exact) mass is 353 g/mol. The summed E-state index contributed by atoms with van der Waals surface area (Å²) in [6.07, 6.45) is 2.40. The van der Waals surface area contributed by atoms with E-state index in [9.17, 15) is 4.79 Å². The lowest BCUT2D eigenvalue weighted by Crippen LogP contribution is -2.53. The third-order valence-electron chi connectivity index (χ3n) is 5.28. The highest BCUT2D eigenvalue weighted by Crippen LogP contribution is 2.36. The highest BCUT2D eigenvalue weighted by Gasteiger charge is 2.41. The predicted molar refractivity (Wildman–Crippen MR) is 91.7 cm³/mol. The van der Waals surface area contributed by atoms with Gasteiger partial charge in [-0.15, -0.1) is 24.8 Å². The van der Waals surface area contributed by atoms with Crippen LogP contribution in [0.15, 0.2) is 0 Å². The Hall–Kier alpha value is -0.0700. The highest BCUT2D eigenvalue weighted by molar-refractivity contribution is 5.85. The second kappa shape index (κ2) is 8.69. The second-order valence-corrected chi connectivity index (χ2v) is 6.73. The maximum absolute atomic E-state index is 12.6. The van der Waals surface area contributed by atoms with Gasteiger partial charge >= 0.3 is 0 Å². The van der Waals surface area contributed by atoms with Crippen molar-refractivity contribution in [2.75, 3.05) is 45.9 Å². The van der Waals surface area contributed by atoms with Crippen LogP contribution in [-0.4, -0.2) is 67.7 Å². The standard InChI is InChI=1S/C15H27N3O2.2ClH/c1-11(8-17-4-6-20-7-5-17)15(19)18-9-12-2-3-13(10-18)14(12)16;;/h11-14H,2-10,16H2,1H3;2*1H/t11?,12-,13+,14?;;. The number of amides is 1. The molecule has 1 amide bonds. The van der Waals surface area contributed by atoms with Gasteiger partial charge in [-0.1, -0.05) is 6.92 Å². The van der Waals surface area contributed by atoms with E-state index in [0.29, 0.717) is 23.8 Å². The lowest BCUT2D eigenvalue weighted by atomic mass is 9.92. The Morgan fingerprint density at radius 1 is 1.18 bits per heavy atom. The van der Waals surface area contributed by atoms with Crippen molar-refractivity contribution in [3.63, 3.8) is 0 Å². The number of nitrogens with two attached hydrogens (primary N) is 1. The summed E-state index contributed by atoms with van der Waals surface area (Å²) < 4.78 is 5.36. The maximum atomic E-state index is 12.6. The Balaban J connectivity index is 0.00000121. The van der Waals surface area contributed by atoms with Crippen LogP contribution < -0.4 is 5.73 Å². The van der Waals surface area contributed by atoms with Crippen LogP contribution in [-0.2, 0) is 9.53 Å². The number of carbonyl (C=O) groups excluding carboxylic acids is 1. The fourth-order valence-corrected chi connectivity index (χ4v) is 4.01. The van der Waals surface area contributed by atoms with Gasteiger partial charge in [0.05, 0.1) is 13.2 Å². The molecule has 0 aromatic heterocycles. The van der Waals surface area contributed by atoms with E-state index in [4.69, 9.17) is 10.5 Å². The first-order valence-electron chi connectivity index (χ1n) is 7.99. The molecule has 130 valence electrons. The molecular weight excluding hydrogens is 325 g/mol. The summed E-state index contributed by atoms with van der Waals surface area (Å²) in [7, 11) is 0. The van der Waals surface area contributed by atoms with Crippen LogP contribution in [0, 0.1) is 17.8 Å². The second-order valence-electron chi connectivity index (χ2n) is 6.73. The summed E-state index contributed by atoms with van der Waals surface area (Å²) in [5.41, 5.74) is 6.21. The van der Waals surface area contributed by atoms with Gasteiger partial charge in [-0.25, -0.2) is 0 Å². The summed E-state index contributed by atoms with van der Waals surface area (Å²) >= 11 is 0. The fourth-order valence-electron chi connectivity index (χ4n) is 4.01. The summed E-state index contributed by atoms with van der Waals surface area (Å²) in [5, 5.41) is 0. The molecule has 2 unspecified atom stereocenters. The van der Waals surface area contributed by atoms with Crippen LogP contribution in [0.1, 0.15) is 19.8 Å². The number of halogens is 2. The number of fused-ring (bicyclic) bond motifs is 2. The molecule has 0 spiro atoms. The number of likely N-dealkylation sites (tertiary alicyclic amines) is 1. The van der Waals surface area contributed by atoms with Gasteiger partial charge < -0.3 is 15.4 Å². The molecular formula is C15H29Cl2N3O2. The van der Waals surface area contributed by atoms with E-state index in [1.165, 1.54) is 12.8 Å². The smallest absolute Gasteiger partial charge is 0.226 e. The average molecular weight is 354 g/mol. The van der Waals surface area contributed by atoms with E-state index in [1.54, 1.807) is 0 Å². The normalized spacial score (nSPS) is 32.8. The van der Waals surface area contributed by atoms with E-state index in [0.717, 1.165) is 45.9 Å². The lowest BCUT2D eigenvalue weighted by Gasteiger charge is -2.38. The Morgan fingerprint density at radius 3 is 2.27 bits per heavy atom. The predicted octanol–water partition coefficient (Wildman–Crippen LogP) is 0.994. The number of rotatable bonds is 3. The van der Waals surface area contributed by atoms with Gasteiger partial charge in [0.1, 0.15) is 0 Å². The van der Waals surface area contributed by atoms with Gasteiger partial charge in [0.15, 0.2) is 0 Å². The number of hydrogen-bond acceptors (Lipinski definition) is 4. The van der Waals surface area contributed by atoms with E-state index in [2.05, 4.69) is 16.7 Å². The summed E-state index contributed by atoms with van der Waals surface area (Å²) in [6, 6.07) is 0.327. The van der Waals surface area contributed by atoms with E-state index >= 15 is 0 Å². The van der Waals surface area contributed by atoms with Gasteiger partial charge in [-0.2, -0.15) is 0 Å². The first-order valence-corrected chi connectivity index (χ1v) is 7.99. The molecule has 2 N–H and O–H groups in total. The average Bonchev–Trinajstić information content (AvgIpc) is 2.68. The topological polar surface area (TPSA) is 58.8 Å². The molecule has 1 aliphatic carbocycles. The third kappa shape index (κ3) is 4.26. The van der Waals surface area contributed by atoms with Gasteiger partial charge in [0.25, 0.3) is 0 Å². The lowest BCUT2D eigenvalue weighted by molar-refractivity contribution is -0.138. The van der Waals surface area contributed by atoms with Gasteiger partial charge in [0.2, 0.25) is 5.91 Å². The summed E-state index contributed by atoms with van der Waals surface area (Å²) in [6.45, 7) is 8.18. The Bertz CT molecular complexity index is 353. The molecule has 4 atom stereocenters. The summed E-state index contributed by atoms with van der Waals surface area (Å²) in [5.74, 6) is 1.48. The number of hydrogen-bond donors (Lipinski definition) is 1. The van der Waals surface area contributed by atoms with Crippen LogP contribution in [0.4, 0.5) is 0 Å². The van der Waals surface area contributed by atoms with Crippen molar-refractivity contribution in [3.8, 4) is 0 Å². The molecule has 2 saturated heterocycles. The highest BCUT2D eigenvalue weighted by atomic mass is 35.5. The Kier molecular flexibility index (Phi) is 7.89. The number of piperidine rings is 1. The van der Waals surface area contributed by atoms with E-state index in [-0.39, 0.29) is 30.7 Å². The molecule has 0 radical (unpaired) electrons. The van der Waals surface area contributed by atoms with Gasteiger partial charge in [0, 0.05) is 44.7 Å². The number of ether oxygens (including phenoxy) is 1. The molecule has 3 fully saturated rings. The molecule has 5 nitrogen and oxygen atoms in total. The number of carbonyl (C=O) groups is 1. The molecule has 0 aromatic carbocycles. The maximum Gasteiger partial charge on any atom is 0.226 e. The molecule has 2 heterocycles. The van der Waals surface area contributed by atoms with Crippen LogP contribution in [0.25, 0.3) is 0 Å². The molecule has 0 aromatic rings. The first kappa shape index (κ1) is 20.0. The van der Waals surface area contributed by atoms with Crippen molar-refractivity contribution in [3.05, 3.63) is 0 Å². The SMILES string of the molecule is CC(CN1CCOCC1)C(=O)N1C[C@H]2CC[C@@H](C1)C2N.Cl.Cl. The molecule has 2 bridgehead atoms. The van der Waals surface area contributed by atoms with Crippen LogP contribution in [0.3, 0.4) is 0 Å². The van der Waals surface area contributed by atoms with Crippen molar-refractivity contribution in [1.82, 2.24) is 9.80 Å². The largest absolute Gasteiger partial charge is 0.379 e.